The van der Waals surface area contributed by atoms with E-state index < -0.39 is 11.9 Å². The van der Waals surface area contributed by atoms with Crippen LogP contribution in [0.25, 0.3) is 0 Å². The normalized spacial score (nSPS) is 7.60. The van der Waals surface area contributed by atoms with Gasteiger partial charge in [0.1, 0.15) is 0 Å². The largest absolute Gasteiger partial charge is 0.478 e. The molecule has 0 aliphatic carbocycles. The van der Waals surface area contributed by atoms with Gasteiger partial charge in [0, 0.05) is 115 Å². The van der Waals surface area contributed by atoms with Crippen molar-refractivity contribution in [2.75, 3.05) is 0 Å². The van der Waals surface area contributed by atoms with Crippen LogP contribution in [0.5, 0.6) is 0 Å². The number of hydrogen-bond acceptors (Lipinski definition) is 2. The number of carbonyl (C=O) groups is 2. The molecule has 4 nitrogen and oxygen atoms in total. The maximum Gasteiger partial charge on any atom is 0.328 e. The molecule has 2 radical (unpaired) electrons. The Kier molecular flexibility index (Phi) is 19.6. The van der Waals surface area contributed by atoms with Gasteiger partial charge in [0.15, 0.2) is 0 Å². The molecule has 0 fully saturated rings. The Balaban J connectivity index is -0.000000245. The Morgan fingerprint density at radius 3 is 1.20 bits per heavy atom. The van der Waals surface area contributed by atoms with Gasteiger partial charge in [-0.2, -0.15) is 0 Å². The van der Waals surface area contributed by atoms with Gasteiger partial charge in [-0.05, 0) is 0 Å². The molecule has 46 valence electrons. The van der Waals surface area contributed by atoms with E-state index in [1.165, 1.54) is 0 Å². The molecule has 0 amide bonds. The molecule has 6 heteroatoms. The fourth-order valence-electron chi connectivity index (χ4n) is 0.143. The van der Waals surface area contributed by atoms with Crippen molar-refractivity contribution < 1.29 is 19.8 Å². The van der Waals surface area contributed by atoms with Crippen LogP contribution in [0.4, 0.5) is 0 Å². The zero-order valence-electron chi connectivity index (χ0n) is 5.87. The molecule has 0 atom stereocenters. The van der Waals surface area contributed by atoms with E-state index >= 15 is 0 Å². The first-order chi connectivity index (χ1) is 3.63. The summed E-state index contributed by atoms with van der Waals surface area (Å²) >= 11 is 0. The van der Waals surface area contributed by atoms with E-state index in [1.54, 1.807) is 0 Å². The van der Waals surface area contributed by atoms with Crippen molar-refractivity contribution in [3.8, 4) is 0 Å². The molecule has 0 bridgehead atoms. The SMILES string of the molecule is O=C(O)C=CC(=O)O.[K].[K]. The number of hydrogen-bond donors (Lipinski definition) is 2. The second-order valence-electron chi connectivity index (χ2n) is 1.01. The monoisotopic (exact) mass is 194 g/mol. The van der Waals surface area contributed by atoms with Crippen molar-refractivity contribution in [3.05, 3.63) is 12.2 Å². The average Bonchev–Trinajstić information content (AvgIpc) is 1.61. The summed E-state index contributed by atoms with van der Waals surface area (Å²) in [6.07, 6.45) is 1.12. The van der Waals surface area contributed by atoms with Gasteiger partial charge in [-0.3, -0.25) is 0 Å². The molecule has 10 heavy (non-hydrogen) atoms. The zero-order chi connectivity index (χ0) is 6.57. The molecule has 0 saturated carbocycles. The quantitative estimate of drug-likeness (QED) is 0.434. The number of carboxylic acids is 2. The first kappa shape index (κ1) is 17.9. The summed E-state index contributed by atoms with van der Waals surface area (Å²) in [6, 6.07) is 0. The summed E-state index contributed by atoms with van der Waals surface area (Å²) in [5.41, 5.74) is 0. The smallest absolute Gasteiger partial charge is 0.328 e. The van der Waals surface area contributed by atoms with E-state index in [0.717, 1.165) is 0 Å². The maximum absolute atomic E-state index is 9.55. The van der Waals surface area contributed by atoms with E-state index in [9.17, 15) is 9.59 Å². The summed E-state index contributed by atoms with van der Waals surface area (Å²) in [5, 5.41) is 15.6. The third-order valence-electron chi connectivity index (χ3n) is 0.368. The van der Waals surface area contributed by atoms with Crippen LogP contribution < -0.4 is 0 Å². The Labute approximate surface area is 143 Å². The topological polar surface area (TPSA) is 74.6 Å². The molecule has 0 aromatic carbocycles. The Hall–Kier alpha value is 1.95. The second kappa shape index (κ2) is 11.0. The molecular formula is C4H4K2O4. The molecule has 0 aliphatic heterocycles. The maximum atomic E-state index is 9.55. The predicted octanol–water partition coefficient (Wildman–Crippen LogP) is -1.05. The van der Waals surface area contributed by atoms with Gasteiger partial charge in [-0.1, -0.05) is 0 Å². The van der Waals surface area contributed by atoms with E-state index in [2.05, 4.69) is 0 Å². The van der Waals surface area contributed by atoms with Crippen LogP contribution in [0.2, 0.25) is 0 Å². The Morgan fingerprint density at radius 1 is 0.900 bits per heavy atom. The van der Waals surface area contributed by atoms with E-state index in [-0.39, 0.29) is 103 Å². The zero-order valence-corrected chi connectivity index (χ0v) is 12.1. The standard InChI is InChI=1S/C4H4O4.2K/c5-3(6)1-2-4(7)8;;/h1-2H,(H,5,6)(H,7,8);;. The van der Waals surface area contributed by atoms with Crippen LogP contribution in [0, 0.1) is 0 Å². The van der Waals surface area contributed by atoms with Crippen molar-refractivity contribution in [3.63, 3.8) is 0 Å². The van der Waals surface area contributed by atoms with Crippen LogP contribution in [0.1, 0.15) is 0 Å². The van der Waals surface area contributed by atoms with Crippen LogP contribution in [0.3, 0.4) is 0 Å². The molecule has 0 saturated heterocycles. The minimum absolute atomic E-state index is 0. The van der Waals surface area contributed by atoms with Crippen molar-refractivity contribution in [1.29, 1.82) is 0 Å². The van der Waals surface area contributed by atoms with Crippen molar-refractivity contribution >= 4 is 115 Å². The molecule has 0 aromatic heterocycles. The molecule has 0 aromatic rings. The second-order valence-corrected chi connectivity index (χ2v) is 1.01. The molecular weight excluding hydrogens is 190 g/mol. The summed E-state index contributed by atoms with van der Waals surface area (Å²) in [4.78, 5) is 19.1. The Morgan fingerprint density at radius 2 is 1.10 bits per heavy atom. The molecule has 0 aliphatic rings. The van der Waals surface area contributed by atoms with Gasteiger partial charge >= 0.3 is 11.9 Å². The summed E-state index contributed by atoms with van der Waals surface area (Å²) in [7, 11) is 0. The van der Waals surface area contributed by atoms with E-state index in [4.69, 9.17) is 10.2 Å². The first-order valence-corrected chi connectivity index (χ1v) is 1.77. The fraction of sp³-hybridized carbons (Fsp3) is 0. The van der Waals surface area contributed by atoms with Crippen LogP contribution in [-0.2, 0) is 9.59 Å². The predicted molar refractivity (Wildman–Crippen MR) is 35.9 cm³/mol. The Bertz CT molecular complexity index is 126. The summed E-state index contributed by atoms with van der Waals surface area (Å²) < 4.78 is 0. The summed E-state index contributed by atoms with van der Waals surface area (Å²) in [6.45, 7) is 0. The minimum atomic E-state index is -1.26. The molecule has 0 rings (SSSR count). The van der Waals surface area contributed by atoms with Gasteiger partial charge in [0.25, 0.3) is 0 Å². The number of rotatable bonds is 2. The minimum Gasteiger partial charge on any atom is -0.478 e. The molecule has 0 unspecified atom stereocenters. The van der Waals surface area contributed by atoms with Gasteiger partial charge in [-0.15, -0.1) is 0 Å². The van der Waals surface area contributed by atoms with Gasteiger partial charge < -0.3 is 10.2 Å². The van der Waals surface area contributed by atoms with Gasteiger partial charge in [0.05, 0.1) is 0 Å². The molecule has 0 heterocycles. The van der Waals surface area contributed by atoms with Crippen LogP contribution >= 0.6 is 0 Å². The number of carboxylic acid groups (broad SMARTS) is 2. The first-order valence-electron chi connectivity index (χ1n) is 1.77. The van der Waals surface area contributed by atoms with Crippen molar-refractivity contribution in [2.45, 2.75) is 0 Å². The third-order valence-corrected chi connectivity index (χ3v) is 0.368. The van der Waals surface area contributed by atoms with Crippen molar-refractivity contribution in [2.24, 2.45) is 0 Å². The average molecular weight is 194 g/mol. The van der Waals surface area contributed by atoms with Gasteiger partial charge in [-0.25, -0.2) is 9.59 Å². The van der Waals surface area contributed by atoms with Crippen LogP contribution in [-0.4, -0.2) is 125 Å². The van der Waals surface area contributed by atoms with Crippen LogP contribution in [0.15, 0.2) is 12.2 Å². The number of aliphatic carboxylic acids is 2. The van der Waals surface area contributed by atoms with Crippen molar-refractivity contribution in [1.82, 2.24) is 0 Å². The van der Waals surface area contributed by atoms with E-state index in [0.29, 0.717) is 12.2 Å². The molecule has 2 N–H and O–H groups in total. The summed E-state index contributed by atoms with van der Waals surface area (Å²) in [5.74, 6) is -2.51. The molecule has 0 spiro atoms. The van der Waals surface area contributed by atoms with E-state index in [1.807, 2.05) is 0 Å². The fourth-order valence-corrected chi connectivity index (χ4v) is 0.143. The third kappa shape index (κ3) is 16.5. The van der Waals surface area contributed by atoms with Gasteiger partial charge in [0.2, 0.25) is 0 Å².